The molecule has 0 aromatic carbocycles. The van der Waals surface area contributed by atoms with Crippen molar-refractivity contribution >= 4 is 17.7 Å². The van der Waals surface area contributed by atoms with Crippen molar-refractivity contribution < 1.29 is 9.53 Å². The number of ether oxygens (including phenoxy) is 1. The molecule has 1 aliphatic carbocycles. The van der Waals surface area contributed by atoms with Gasteiger partial charge in [-0.2, -0.15) is 5.10 Å². The number of aromatic nitrogens is 2. The van der Waals surface area contributed by atoms with E-state index in [9.17, 15) is 4.79 Å². The number of nitrogens with zero attached hydrogens (tertiary/aromatic N) is 3. The van der Waals surface area contributed by atoms with Crippen LogP contribution in [0.1, 0.15) is 37.8 Å². The lowest BCUT2D eigenvalue weighted by Crippen LogP contribution is -2.32. The lowest BCUT2D eigenvalue weighted by atomic mass is 10.3. The number of rotatable bonds is 5. The van der Waals surface area contributed by atoms with E-state index in [1.165, 1.54) is 25.7 Å². The third-order valence-electron chi connectivity index (χ3n) is 4.30. The molecule has 1 aromatic rings. The number of amides is 1. The first kappa shape index (κ1) is 15.6. The highest BCUT2D eigenvalue weighted by atomic mass is 32.2. The van der Waals surface area contributed by atoms with Gasteiger partial charge in [0, 0.05) is 24.3 Å². The van der Waals surface area contributed by atoms with Crippen LogP contribution >= 0.6 is 11.8 Å². The molecule has 5 nitrogen and oxygen atoms in total. The predicted molar refractivity (Wildman–Crippen MR) is 87.1 cm³/mol. The topological polar surface area (TPSA) is 55.3 Å². The van der Waals surface area contributed by atoms with E-state index in [0.717, 1.165) is 18.7 Å². The predicted octanol–water partition coefficient (Wildman–Crippen LogP) is 2.44. The van der Waals surface area contributed by atoms with Gasteiger partial charge in [0.25, 0.3) is 0 Å². The summed E-state index contributed by atoms with van der Waals surface area (Å²) in [6.45, 7) is 3.35. The Morgan fingerprint density at radius 3 is 2.86 bits per heavy atom. The molecule has 0 spiro atoms. The molecule has 0 N–H and O–H groups in total. The zero-order valence-electron chi connectivity index (χ0n) is 13.0. The molecule has 0 radical (unpaired) electrons. The number of aryl methyl sites for hydroxylation is 1. The smallest absolute Gasteiger partial charge is 0.233 e. The first-order chi connectivity index (χ1) is 10.7. The van der Waals surface area contributed by atoms with Gasteiger partial charge in [0.2, 0.25) is 11.8 Å². The third kappa shape index (κ3) is 4.12. The number of carbonyl (C=O) groups excluding carboxylic acids is 1. The lowest BCUT2D eigenvalue weighted by molar-refractivity contribution is -0.127. The molecule has 2 aliphatic rings. The molecule has 22 heavy (non-hydrogen) atoms. The van der Waals surface area contributed by atoms with Crippen molar-refractivity contribution in [1.29, 1.82) is 0 Å². The van der Waals surface area contributed by atoms with Gasteiger partial charge in [0.1, 0.15) is 6.10 Å². The van der Waals surface area contributed by atoms with E-state index in [1.54, 1.807) is 0 Å². The number of hydrogen-bond donors (Lipinski definition) is 0. The minimum atomic E-state index is 0.0393. The molecule has 6 heteroatoms. The number of carbonyl (C=O) groups is 1. The molecular formula is C16H23N3O2S. The normalized spacial score (nSPS) is 22.2. The minimum Gasteiger partial charge on any atom is -0.471 e. The molecule has 2 heterocycles. The maximum Gasteiger partial charge on any atom is 0.233 e. The van der Waals surface area contributed by atoms with Gasteiger partial charge in [0.15, 0.2) is 0 Å². The van der Waals surface area contributed by atoms with E-state index < -0.39 is 0 Å². The van der Waals surface area contributed by atoms with Crippen LogP contribution in [-0.4, -0.2) is 51.2 Å². The summed E-state index contributed by atoms with van der Waals surface area (Å²) < 4.78 is 5.81. The molecule has 120 valence electrons. The maximum atomic E-state index is 12.3. The Kier molecular flexibility index (Phi) is 5.18. The molecule has 1 unspecified atom stereocenters. The van der Waals surface area contributed by atoms with Crippen LogP contribution < -0.4 is 4.74 Å². The van der Waals surface area contributed by atoms with Gasteiger partial charge in [-0.05, 0) is 25.8 Å². The summed E-state index contributed by atoms with van der Waals surface area (Å²) in [5, 5.41) is 8.71. The Bertz CT molecular complexity index is 503. The molecule has 1 aliphatic heterocycles. The lowest BCUT2D eigenvalue weighted by Gasteiger charge is -2.17. The molecule has 0 bridgehead atoms. The summed E-state index contributed by atoms with van der Waals surface area (Å²) in [5.74, 6) is 1.41. The number of hydrogen-bond acceptors (Lipinski definition) is 5. The highest BCUT2D eigenvalue weighted by Gasteiger charge is 2.28. The molecule has 2 fully saturated rings. The quantitative estimate of drug-likeness (QED) is 0.834. The zero-order chi connectivity index (χ0) is 15.4. The van der Waals surface area contributed by atoms with Gasteiger partial charge in [-0.1, -0.05) is 12.8 Å². The van der Waals surface area contributed by atoms with Crippen LogP contribution in [0.2, 0.25) is 0 Å². The fourth-order valence-corrected chi connectivity index (χ4v) is 4.23. The van der Waals surface area contributed by atoms with Crippen LogP contribution in [0, 0.1) is 6.92 Å². The van der Waals surface area contributed by atoms with E-state index in [2.05, 4.69) is 10.2 Å². The van der Waals surface area contributed by atoms with Crippen LogP contribution in [-0.2, 0) is 4.79 Å². The SMILES string of the molecule is Cc1ccc(OC2CCN(C(=O)CSC3CCCC3)C2)nn1. The van der Waals surface area contributed by atoms with Gasteiger partial charge in [-0.3, -0.25) is 4.79 Å². The maximum absolute atomic E-state index is 12.3. The Morgan fingerprint density at radius 2 is 2.14 bits per heavy atom. The summed E-state index contributed by atoms with van der Waals surface area (Å²) in [6.07, 6.45) is 6.10. The van der Waals surface area contributed by atoms with Gasteiger partial charge >= 0.3 is 0 Å². The highest BCUT2D eigenvalue weighted by Crippen LogP contribution is 2.29. The Labute approximate surface area is 135 Å². The molecule has 1 amide bonds. The summed E-state index contributed by atoms with van der Waals surface area (Å²) in [6, 6.07) is 3.72. The Balaban J connectivity index is 1.42. The van der Waals surface area contributed by atoms with E-state index in [4.69, 9.17) is 4.74 Å². The van der Waals surface area contributed by atoms with Gasteiger partial charge in [0.05, 0.1) is 18.0 Å². The Hall–Kier alpha value is -1.30. The van der Waals surface area contributed by atoms with Gasteiger partial charge in [-0.25, -0.2) is 0 Å². The monoisotopic (exact) mass is 321 g/mol. The average Bonchev–Trinajstić information content (AvgIpc) is 3.19. The van der Waals surface area contributed by atoms with Crippen molar-refractivity contribution in [2.45, 2.75) is 50.4 Å². The van der Waals surface area contributed by atoms with Crippen molar-refractivity contribution in [2.75, 3.05) is 18.8 Å². The molecular weight excluding hydrogens is 298 g/mol. The van der Waals surface area contributed by atoms with Crippen molar-refractivity contribution in [1.82, 2.24) is 15.1 Å². The largest absolute Gasteiger partial charge is 0.471 e. The first-order valence-corrected chi connectivity index (χ1v) is 9.12. The average molecular weight is 321 g/mol. The van der Waals surface area contributed by atoms with Crippen LogP contribution in [0.25, 0.3) is 0 Å². The van der Waals surface area contributed by atoms with Crippen molar-refractivity contribution in [2.24, 2.45) is 0 Å². The van der Waals surface area contributed by atoms with E-state index in [0.29, 0.717) is 23.4 Å². The van der Waals surface area contributed by atoms with Crippen LogP contribution in [0.15, 0.2) is 12.1 Å². The zero-order valence-corrected chi connectivity index (χ0v) is 13.8. The fourth-order valence-electron chi connectivity index (χ4n) is 3.01. The second-order valence-corrected chi connectivity index (χ2v) is 7.39. The van der Waals surface area contributed by atoms with Crippen LogP contribution in [0.4, 0.5) is 0 Å². The van der Waals surface area contributed by atoms with E-state index >= 15 is 0 Å². The molecule has 1 saturated heterocycles. The second-order valence-electron chi connectivity index (χ2n) is 6.10. The number of thioether (sulfide) groups is 1. The van der Waals surface area contributed by atoms with Crippen molar-refractivity contribution in [3.8, 4) is 5.88 Å². The summed E-state index contributed by atoms with van der Waals surface area (Å²) in [7, 11) is 0. The molecule has 1 saturated carbocycles. The summed E-state index contributed by atoms with van der Waals surface area (Å²) in [4.78, 5) is 14.2. The fraction of sp³-hybridized carbons (Fsp3) is 0.688. The molecule has 1 atom stereocenters. The summed E-state index contributed by atoms with van der Waals surface area (Å²) >= 11 is 1.83. The first-order valence-electron chi connectivity index (χ1n) is 8.07. The van der Waals surface area contributed by atoms with E-state index in [1.807, 2.05) is 35.7 Å². The number of likely N-dealkylation sites (tertiary alicyclic amines) is 1. The highest BCUT2D eigenvalue weighted by molar-refractivity contribution is 8.00. The third-order valence-corrected chi connectivity index (χ3v) is 5.66. The van der Waals surface area contributed by atoms with Gasteiger partial charge in [-0.15, -0.1) is 16.9 Å². The van der Waals surface area contributed by atoms with Crippen LogP contribution in [0.5, 0.6) is 5.88 Å². The van der Waals surface area contributed by atoms with Crippen LogP contribution in [0.3, 0.4) is 0 Å². The second kappa shape index (κ2) is 7.31. The Morgan fingerprint density at radius 1 is 1.32 bits per heavy atom. The van der Waals surface area contributed by atoms with Crippen molar-refractivity contribution in [3.63, 3.8) is 0 Å². The minimum absolute atomic E-state index is 0.0393. The molecule has 3 rings (SSSR count). The van der Waals surface area contributed by atoms with Gasteiger partial charge < -0.3 is 9.64 Å². The van der Waals surface area contributed by atoms with Crippen molar-refractivity contribution in [3.05, 3.63) is 17.8 Å². The standard InChI is InChI=1S/C16H23N3O2S/c1-12-6-7-15(18-17-12)21-13-8-9-19(10-13)16(20)11-22-14-4-2-3-5-14/h6-7,13-14H,2-5,8-11H2,1H3. The molecule has 1 aromatic heterocycles. The van der Waals surface area contributed by atoms with E-state index in [-0.39, 0.29) is 12.0 Å². The summed E-state index contributed by atoms with van der Waals surface area (Å²) in [5.41, 5.74) is 0.875.